The molecule has 1 aliphatic rings. The molecular formula is C20H17FN4O2. The number of nitriles is 1. The minimum atomic E-state index is -0.333. The fourth-order valence-electron chi connectivity index (χ4n) is 2.95. The van der Waals surface area contributed by atoms with E-state index in [0.29, 0.717) is 30.2 Å². The van der Waals surface area contributed by atoms with Gasteiger partial charge in [0.05, 0.1) is 31.0 Å². The van der Waals surface area contributed by atoms with Crippen molar-refractivity contribution in [3.63, 3.8) is 0 Å². The van der Waals surface area contributed by atoms with Gasteiger partial charge < -0.3 is 19.4 Å². The molecule has 7 heteroatoms. The van der Waals surface area contributed by atoms with Gasteiger partial charge in [0, 0.05) is 30.0 Å². The molecule has 0 spiro atoms. The van der Waals surface area contributed by atoms with Crippen LogP contribution in [0.5, 0.6) is 0 Å². The third-order valence-electron chi connectivity index (χ3n) is 4.31. The van der Waals surface area contributed by atoms with Crippen LogP contribution in [0.1, 0.15) is 5.56 Å². The van der Waals surface area contributed by atoms with E-state index in [1.807, 2.05) is 6.07 Å². The Kier molecular flexibility index (Phi) is 4.73. The zero-order chi connectivity index (χ0) is 18.6. The number of nitrogens with one attached hydrogen (secondary N) is 1. The molecule has 136 valence electrons. The summed E-state index contributed by atoms with van der Waals surface area (Å²) in [5, 5.41) is 11.9. The Morgan fingerprint density at radius 1 is 1.11 bits per heavy atom. The molecule has 1 fully saturated rings. The highest BCUT2D eigenvalue weighted by Gasteiger charge is 2.14. The maximum absolute atomic E-state index is 14.1. The predicted octanol–water partition coefficient (Wildman–Crippen LogP) is 3.93. The average molecular weight is 364 g/mol. The highest BCUT2D eigenvalue weighted by molar-refractivity contribution is 5.64. The Morgan fingerprint density at radius 3 is 2.63 bits per heavy atom. The topological polar surface area (TPSA) is 74.3 Å². The van der Waals surface area contributed by atoms with Gasteiger partial charge in [0.2, 0.25) is 0 Å². The Balaban J connectivity index is 1.53. The number of nitrogens with zero attached hydrogens (tertiary/aromatic N) is 3. The summed E-state index contributed by atoms with van der Waals surface area (Å²) in [5.74, 6) is 0.229. The van der Waals surface area contributed by atoms with Crippen LogP contribution in [0.3, 0.4) is 0 Å². The summed E-state index contributed by atoms with van der Waals surface area (Å²) >= 11 is 0. The van der Waals surface area contributed by atoms with Gasteiger partial charge in [0.15, 0.2) is 5.76 Å². The molecule has 0 saturated carbocycles. The first-order chi connectivity index (χ1) is 13.2. The van der Waals surface area contributed by atoms with Crippen molar-refractivity contribution in [2.75, 3.05) is 36.5 Å². The van der Waals surface area contributed by atoms with Crippen LogP contribution in [0.4, 0.5) is 21.8 Å². The number of benzene rings is 2. The van der Waals surface area contributed by atoms with E-state index in [9.17, 15) is 4.39 Å². The Hall–Kier alpha value is -3.37. The van der Waals surface area contributed by atoms with Crippen molar-refractivity contribution in [3.05, 3.63) is 60.0 Å². The molecule has 1 aromatic heterocycles. The van der Waals surface area contributed by atoms with E-state index in [1.54, 1.807) is 30.5 Å². The smallest absolute Gasteiger partial charge is 0.299 e. The van der Waals surface area contributed by atoms with E-state index >= 15 is 0 Å². The number of morpholine rings is 1. The average Bonchev–Trinajstić information content (AvgIpc) is 3.17. The summed E-state index contributed by atoms with van der Waals surface area (Å²) in [6.45, 7) is 2.72. The first kappa shape index (κ1) is 17.1. The Labute approximate surface area is 155 Å². The maximum Gasteiger partial charge on any atom is 0.299 e. The minimum absolute atomic E-state index is 0.271. The zero-order valence-electron chi connectivity index (χ0n) is 14.5. The van der Waals surface area contributed by atoms with Crippen molar-refractivity contribution in [3.8, 4) is 17.4 Å². The molecule has 0 aliphatic carbocycles. The van der Waals surface area contributed by atoms with Crippen LogP contribution in [0, 0.1) is 17.1 Å². The van der Waals surface area contributed by atoms with E-state index in [1.165, 1.54) is 12.1 Å². The summed E-state index contributed by atoms with van der Waals surface area (Å²) in [4.78, 5) is 6.28. The van der Waals surface area contributed by atoms with Crippen LogP contribution in [0.15, 0.2) is 53.1 Å². The summed E-state index contributed by atoms with van der Waals surface area (Å²) in [6, 6.07) is 14.1. The highest BCUT2D eigenvalue weighted by Crippen LogP contribution is 2.28. The summed E-state index contributed by atoms with van der Waals surface area (Å²) < 4.78 is 25.1. The fraction of sp³-hybridized carbons (Fsp3) is 0.200. The summed E-state index contributed by atoms with van der Waals surface area (Å²) in [6.07, 6.45) is 1.59. The first-order valence-electron chi connectivity index (χ1n) is 8.58. The van der Waals surface area contributed by atoms with E-state index in [4.69, 9.17) is 14.4 Å². The molecule has 1 saturated heterocycles. The molecule has 0 radical (unpaired) electrons. The third kappa shape index (κ3) is 3.91. The predicted molar refractivity (Wildman–Crippen MR) is 99.4 cm³/mol. The number of halogens is 1. The standard InChI is InChI=1S/C20H17FN4O2/c21-16-9-17(11-18(10-16)25-5-7-26-8-6-25)24-20-23-13-19(27-20)15-3-1-14(12-22)2-4-15/h1-4,9-11,13H,5-8H2,(H,23,24). The Bertz CT molecular complexity index is 972. The van der Waals surface area contributed by atoms with Gasteiger partial charge in [-0.15, -0.1) is 0 Å². The molecule has 4 rings (SSSR count). The molecule has 6 nitrogen and oxygen atoms in total. The van der Waals surface area contributed by atoms with Crippen LogP contribution in [-0.4, -0.2) is 31.3 Å². The number of rotatable bonds is 4. The second-order valence-corrected chi connectivity index (χ2v) is 6.14. The molecule has 0 unspecified atom stereocenters. The van der Waals surface area contributed by atoms with Crippen molar-refractivity contribution in [2.45, 2.75) is 0 Å². The lowest BCUT2D eigenvalue weighted by Gasteiger charge is -2.29. The van der Waals surface area contributed by atoms with Crippen LogP contribution >= 0.6 is 0 Å². The van der Waals surface area contributed by atoms with Crippen LogP contribution in [0.25, 0.3) is 11.3 Å². The van der Waals surface area contributed by atoms with Crippen LogP contribution in [-0.2, 0) is 4.74 Å². The number of ether oxygens (including phenoxy) is 1. The SMILES string of the molecule is N#Cc1ccc(-c2cnc(Nc3cc(F)cc(N4CCOCC4)c3)o2)cc1. The number of hydrogen-bond acceptors (Lipinski definition) is 6. The molecular weight excluding hydrogens is 347 g/mol. The van der Waals surface area contributed by atoms with Crippen LogP contribution < -0.4 is 10.2 Å². The minimum Gasteiger partial charge on any atom is -0.423 e. The lowest BCUT2D eigenvalue weighted by atomic mass is 10.1. The summed E-state index contributed by atoms with van der Waals surface area (Å²) in [5.41, 5.74) is 2.74. The van der Waals surface area contributed by atoms with Gasteiger partial charge in [0.1, 0.15) is 5.82 Å². The van der Waals surface area contributed by atoms with Crippen molar-refractivity contribution >= 4 is 17.4 Å². The van der Waals surface area contributed by atoms with Crippen molar-refractivity contribution < 1.29 is 13.5 Å². The number of anilines is 3. The van der Waals surface area contributed by atoms with Gasteiger partial charge in [-0.05, 0) is 42.5 Å². The van der Waals surface area contributed by atoms with Gasteiger partial charge in [-0.2, -0.15) is 5.26 Å². The zero-order valence-corrected chi connectivity index (χ0v) is 14.5. The van der Waals surface area contributed by atoms with Crippen molar-refractivity contribution in [2.24, 2.45) is 0 Å². The lowest BCUT2D eigenvalue weighted by Crippen LogP contribution is -2.36. The largest absolute Gasteiger partial charge is 0.423 e. The number of hydrogen-bond donors (Lipinski definition) is 1. The fourth-order valence-corrected chi connectivity index (χ4v) is 2.95. The van der Waals surface area contributed by atoms with Gasteiger partial charge >= 0.3 is 0 Å². The third-order valence-corrected chi connectivity index (χ3v) is 4.31. The second-order valence-electron chi connectivity index (χ2n) is 6.14. The van der Waals surface area contributed by atoms with Gasteiger partial charge in [-0.3, -0.25) is 0 Å². The lowest BCUT2D eigenvalue weighted by molar-refractivity contribution is 0.122. The highest BCUT2D eigenvalue weighted by atomic mass is 19.1. The van der Waals surface area contributed by atoms with E-state index < -0.39 is 0 Å². The van der Waals surface area contributed by atoms with Crippen molar-refractivity contribution in [1.29, 1.82) is 5.26 Å². The monoisotopic (exact) mass is 364 g/mol. The molecule has 0 amide bonds. The quantitative estimate of drug-likeness (QED) is 0.756. The second kappa shape index (κ2) is 7.48. The van der Waals surface area contributed by atoms with Gasteiger partial charge in [0.25, 0.3) is 6.01 Å². The van der Waals surface area contributed by atoms with Gasteiger partial charge in [-0.25, -0.2) is 9.37 Å². The van der Waals surface area contributed by atoms with E-state index in [2.05, 4.69) is 21.3 Å². The van der Waals surface area contributed by atoms with Crippen molar-refractivity contribution in [1.82, 2.24) is 4.98 Å². The first-order valence-corrected chi connectivity index (χ1v) is 8.58. The maximum atomic E-state index is 14.1. The molecule has 0 bridgehead atoms. The molecule has 2 heterocycles. The molecule has 1 N–H and O–H groups in total. The number of aromatic nitrogens is 1. The number of oxazole rings is 1. The van der Waals surface area contributed by atoms with Crippen LogP contribution in [0.2, 0.25) is 0 Å². The molecule has 27 heavy (non-hydrogen) atoms. The van der Waals surface area contributed by atoms with E-state index in [-0.39, 0.29) is 11.8 Å². The van der Waals surface area contributed by atoms with E-state index in [0.717, 1.165) is 24.3 Å². The molecule has 2 aromatic carbocycles. The molecule has 1 aliphatic heterocycles. The normalized spacial score (nSPS) is 14.0. The summed E-state index contributed by atoms with van der Waals surface area (Å²) in [7, 11) is 0. The Morgan fingerprint density at radius 2 is 1.89 bits per heavy atom. The molecule has 0 atom stereocenters. The molecule has 3 aromatic rings. The van der Waals surface area contributed by atoms with Gasteiger partial charge in [-0.1, -0.05) is 0 Å².